The van der Waals surface area contributed by atoms with Gasteiger partial charge in [0.2, 0.25) is 11.8 Å². The quantitative estimate of drug-likeness (QED) is 0.402. The van der Waals surface area contributed by atoms with E-state index in [0.717, 1.165) is 12.8 Å². The molecule has 1 saturated heterocycles. The smallest absolute Gasteiger partial charge is 0.356 e. The number of rotatable bonds is 7. The van der Waals surface area contributed by atoms with Crippen LogP contribution in [0.15, 0.2) is 23.1 Å². The largest absolute Gasteiger partial charge is 0.392 e. The molecule has 1 aliphatic heterocycles. The number of aromatic nitrogens is 5. The van der Waals surface area contributed by atoms with Gasteiger partial charge in [-0.05, 0) is 61.2 Å². The van der Waals surface area contributed by atoms with Crippen LogP contribution in [0.3, 0.4) is 0 Å². The Hall–Kier alpha value is -3.65. The van der Waals surface area contributed by atoms with E-state index in [0.29, 0.717) is 22.6 Å². The zero-order valence-electron chi connectivity index (χ0n) is 21.8. The van der Waals surface area contributed by atoms with Crippen LogP contribution in [-0.4, -0.2) is 55.4 Å². The highest BCUT2D eigenvalue weighted by atomic mass is 19.4. The molecule has 4 heterocycles. The van der Waals surface area contributed by atoms with E-state index in [4.69, 9.17) is 4.63 Å². The number of piperidine rings is 1. The van der Waals surface area contributed by atoms with Gasteiger partial charge in [0.1, 0.15) is 5.69 Å². The third-order valence-electron chi connectivity index (χ3n) is 8.38. The molecule has 41 heavy (non-hydrogen) atoms. The number of amides is 2. The molecule has 2 aliphatic carbocycles. The molecule has 220 valence electrons. The van der Waals surface area contributed by atoms with Crippen LogP contribution < -0.4 is 10.6 Å². The van der Waals surface area contributed by atoms with Crippen molar-refractivity contribution in [1.29, 1.82) is 0 Å². The number of imidazole rings is 1. The van der Waals surface area contributed by atoms with Crippen LogP contribution in [0, 0.1) is 17.8 Å². The normalized spacial score (nSPS) is 24.3. The van der Waals surface area contributed by atoms with Crippen molar-refractivity contribution in [2.75, 3.05) is 6.54 Å². The van der Waals surface area contributed by atoms with Crippen molar-refractivity contribution in [3.63, 3.8) is 0 Å². The first kappa shape index (κ1) is 27.5. The lowest BCUT2D eigenvalue weighted by molar-refractivity contribution is -0.197. The molecule has 3 aliphatic rings. The summed E-state index contributed by atoms with van der Waals surface area (Å²) in [7, 11) is 0. The molecule has 3 aromatic heterocycles. The molecule has 3 aromatic rings. The standard InChI is InChI=1S/C26H28F5N7O3/c27-25(28)6-3-15(4-7-25)20(35-24(40)22-21(14-1-2-14)36-41-37-22)18-12-38-19(34-18)10-13(11-33-38)9-16-17(26(29,30)31)5-8-32-23(16)39/h10-12,14-17,20H,1-9H2,(H,32,39)(H,35,40)/t16-,17+,20-/m0/s1. The predicted octanol–water partition coefficient (Wildman–Crippen LogP) is 4.14. The number of halogens is 5. The number of hydrogen-bond donors (Lipinski definition) is 2. The Morgan fingerprint density at radius 3 is 2.63 bits per heavy atom. The molecule has 15 heteroatoms. The lowest BCUT2D eigenvalue weighted by atomic mass is 9.81. The topological polar surface area (TPSA) is 127 Å². The fourth-order valence-corrected chi connectivity index (χ4v) is 5.96. The van der Waals surface area contributed by atoms with E-state index < -0.39 is 41.8 Å². The molecule has 0 spiro atoms. The number of carbonyl (C=O) groups is 2. The van der Waals surface area contributed by atoms with E-state index in [1.54, 1.807) is 12.3 Å². The molecule has 0 radical (unpaired) electrons. The van der Waals surface area contributed by atoms with Crippen molar-refractivity contribution in [1.82, 2.24) is 35.5 Å². The third kappa shape index (κ3) is 5.75. The third-order valence-corrected chi connectivity index (χ3v) is 8.38. The van der Waals surface area contributed by atoms with Gasteiger partial charge in [0.05, 0.1) is 36.0 Å². The zero-order chi connectivity index (χ0) is 28.9. The van der Waals surface area contributed by atoms with Gasteiger partial charge in [0.15, 0.2) is 11.3 Å². The van der Waals surface area contributed by atoms with E-state index in [1.165, 1.54) is 10.7 Å². The SMILES string of the molecule is O=C(N[C@H](c1cn2ncc(C[C@@H]3C(=O)NCC[C@H]3C(F)(F)F)cc2n1)C1CCC(F)(F)CC1)c1nonc1C1CC1. The Morgan fingerprint density at radius 1 is 1.17 bits per heavy atom. The fourth-order valence-electron chi connectivity index (χ4n) is 5.96. The highest BCUT2D eigenvalue weighted by molar-refractivity contribution is 5.93. The first-order valence-electron chi connectivity index (χ1n) is 13.7. The van der Waals surface area contributed by atoms with Crippen LogP contribution in [0.25, 0.3) is 5.65 Å². The maximum absolute atomic E-state index is 14.0. The molecule has 10 nitrogen and oxygen atoms in total. The number of nitrogens with zero attached hydrogens (tertiary/aromatic N) is 5. The highest BCUT2D eigenvalue weighted by Gasteiger charge is 2.48. The first-order chi connectivity index (χ1) is 19.5. The summed E-state index contributed by atoms with van der Waals surface area (Å²) in [5.41, 5.74) is 1.56. The second-order valence-electron chi connectivity index (χ2n) is 11.3. The maximum atomic E-state index is 14.0. The summed E-state index contributed by atoms with van der Waals surface area (Å²) in [6.45, 7) is -0.0346. The average Bonchev–Trinajstić information content (AvgIpc) is 3.48. The van der Waals surface area contributed by atoms with Gasteiger partial charge in [-0.2, -0.15) is 18.3 Å². The van der Waals surface area contributed by atoms with Crippen molar-refractivity contribution in [2.24, 2.45) is 17.8 Å². The molecular formula is C26H28F5N7O3. The second kappa shape index (κ2) is 10.3. The number of carbonyl (C=O) groups excluding carboxylic acids is 2. The minimum Gasteiger partial charge on any atom is -0.356 e. The molecule has 2 N–H and O–H groups in total. The van der Waals surface area contributed by atoms with Crippen LogP contribution in [0.5, 0.6) is 0 Å². The number of hydrogen-bond acceptors (Lipinski definition) is 7. The summed E-state index contributed by atoms with van der Waals surface area (Å²) in [6.07, 6.45) is -0.593. The molecule has 2 amide bonds. The van der Waals surface area contributed by atoms with Crippen molar-refractivity contribution in [2.45, 2.75) is 75.4 Å². The van der Waals surface area contributed by atoms with Crippen molar-refractivity contribution in [3.8, 4) is 0 Å². The monoisotopic (exact) mass is 581 g/mol. The van der Waals surface area contributed by atoms with Gasteiger partial charge < -0.3 is 10.6 Å². The van der Waals surface area contributed by atoms with E-state index in [9.17, 15) is 31.5 Å². The summed E-state index contributed by atoms with van der Waals surface area (Å²) in [6, 6.07) is 0.790. The Bertz CT molecular complexity index is 1440. The Kier molecular flexibility index (Phi) is 6.92. The Balaban J connectivity index is 1.27. The molecule has 3 atom stereocenters. The van der Waals surface area contributed by atoms with Gasteiger partial charge in [0, 0.05) is 25.3 Å². The number of nitrogens with one attached hydrogen (secondary N) is 2. The zero-order valence-corrected chi connectivity index (χ0v) is 21.8. The molecule has 0 bridgehead atoms. The molecule has 0 unspecified atom stereocenters. The lowest BCUT2D eigenvalue weighted by Crippen LogP contribution is -2.48. The van der Waals surface area contributed by atoms with Gasteiger partial charge in [-0.15, -0.1) is 0 Å². The summed E-state index contributed by atoms with van der Waals surface area (Å²) < 4.78 is 75.0. The van der Waals surface area contributed by atoms with Crippen LogP contribution in [-0.2, 0) is 11.2 Å². The van der Waals surface area contributed by atoms with E-state index in [1.807, 2.05) is 0 Å². The molecule has 2 saturated carbocycles. The second-order valence-corrected chi connectivity index (χ2v) is 11.3. The van der Waals surface area contributed by atoms with Crippen LogP contribution >= 0.6 is 0 Å². The number of alkyl halides is 5. The molecular weight excluding hydrogens is 553 g/mol. The van der Waals surface area contributed by atoms with Crippen molar-refractivity contribution in [3.05, 3.63) is 41.1 Å². The summed E-state index contributed by atoms with van der Waals surface area (Å²) in [5, 5.41) is 17.3. The van der Waals surface area contributed by atoms with Crippen LogP contribution in [0.2, 0.25) is 0 Å². The highest BCUT2D eigenvalue weighted by Crippen LogP contribution is 2.43. The van der Waals surface area contributed by atoms with Gasteiger partial charge in [-0.3, -0.25) is 9.59 Å². The van der Waals surface area contributed by atoms with Gasteiger partial charge in [0.25, 0.3) is 5.91 Å². The molecule has 3 fully saturated rings. The van der Waals surface area contributed by atoms with E-state index in [-0.39, 0.29) is 62.6 Å². The predicted molar refractivity (Wildman–Crippen MR) is 131 cm³/mol. The summed E-state index contributed by atoms with van der Waals surface area (Å²) in [5.74, 6) is -7.32. The van der Waals surface area contributed by atoms with Gasteiger partial charge in [-0.25, -0.2) is 22.9 Å². The van der Waals surface area contributed by atoms with Crippen molar-refractivity contribution >= 4 is 17.5 Å². The summed E-state index contributed by atoms with van der Waals surface area (Å²) in [4.78, 5) is 30.2. The fraction of sp³-hybridized carbons (Fsp3) is 0.615. The molecule has 0 aromatic carbocycles. The minimum absolute atomic E-state index is 0.0346. The maximum Gasteiger partial charge on any atom is 0.392 e. The molecule has 6 rings (SSSR count). The van der Waals surface area contributed by atoms with Crippen LogP contribution in [0.1, 0.15) is 84.3 Å². The Morgan fingerprint density at radius 2 is 1.93 bits per heavy atom. The van der Waals surface area contributed by atoms with E-state index >= 15 is 0 Å². The first-order valence-corrected chi connectivity index (χ1v) is 13.7. The van der Waals surface area contributed by atoms with E-state index in [2.05, 4.69) is 31.0 Å². The van der Waals surface area contributed by atoms with Gasteiger partial charge >= 0.3 is 6.18 Å². The lowest BCUT2D eigenvalue weighted by Gasteiger charge is -2.33. The minimum atomic E-state index is -4.51. The number of fused-ring (bicyclic) bond motifs is 1. The summed E-state index contributed by atoms with van der Waals surface area (Å²) >= 11 is 0. The average molecular weight is 582 g/mol. The van der Waals surface area contributed by atoms with Gasteiger partial charge in [-0.1, -0.05) is 5.16 Å². The van der Waals surface area contributed by atoms with Crippen molar-refractivity contribution < 1.29 is 36.2 Å². The van der Waals surface area contributed by atoms with Crippen LogP contribution in [0.4, 0.5) is 22.0 Å². The Labute approximate surface area is 230 Å².